The summed E-state index contributed by atoms with van der Waals surface area (Å²) >= 11 is 0. The van der Waals surface area contributed by atoms with Gasteiger partial charge in [-0.1, -0.05) is 97.3 Å². The highest BCUT2D eigenvalue weighted by Gasteiger charge is 2.35. The number of unbranched alkanes of at least 4 members (excludes halogenated alkanes) is 4. The van der Waals surface area contributed by atoms with E-state index in [9.17, 15) is 5.26 Å². The van der Waals surface area contributed by atoms with Crippen molar-refractivity contribution < 1.29 is 0 Å². The van der Waals surface area contributed by atoms with Crippen LogP contribution in [0.5, 0.6) is 0 Å². The predicted octanol–water partition coefficient (Wildman–Crippen LogP) is 8.43. The minimum atomic E-state index is 0.0426. The van der Waals surface area contributed by atoms with Crippen molar-refractivity contribution in [1.82, 2.24) is 0 Å². The molecule has 0 aromatic carbocycles. The molecule has 2 aliphatic rings. The molecule has 0 N–H and O–H groups in total. The lowest BCUT2D eigenvalue weighted by atomic mass is 9.67. The summed E-state index contributed by atoms with van der Waals surface area (Å²) in [4.78, 5) is 0. The van der Waals surface area contributed by atoms with Gasteiger partial charge in [-0.2, -0.15) is 5.26 Å². The van der Waals surface area contributed by atoms with Gasteiger partial charge in [-0.15, -0.1) is 0 Å². The molecule has 2 rings (SSSR count). The fourth-order valence-corrected chi connectivity index (χ4v) is 5.69. The number of rotatable bonds is 11. The summed E-state index contributed by atoms with van der Waals surface area (Å²) in [5.41, 5.74) is 0.0426. The van der Waals surface area contributed by atoms with Crippen molar-refractivity contribution in [1.29, 1.82) is 5.26 Å². The Bertz CT molecular complexity index is 391. The lowest BCUT2D eigenvalue weighted by molar-refractivity contribution is 0.171. The fourth-order valence-electron chi connectivity index (χ4n) is 5.69. The highest BCUT2D eigenvalue weighted by Crippen LogP contribution is 2.44. The number of nitrogens with zero attached hydrogens (tertiary/aromatic N) is 1. The Morgan fingerprint density at radius 2 is 1.23 bits per heavy atom. The zero-order valence-electron chi connectivity index (χ0n) is 17.9. The van der Waals surface area contributed by atoms with Crippen LogP contribution in [0.2, 0.25) is 0 Å². The first kappa shape index (κ1) is 21.8. The highest BCUT2D eigenvalue weighted by molar-refractivity contribution is 5.01. The summed E-state index contributed by atoms with van der Waals surface area (Å²) in [6.45, 7) is 4.61. The van der Waals surface area contributed by atoms with E-state index in [1.807, 2.05) is 0 Å². The van der Waals surface area contributed by atoms with Crippen molar-refractivity contribution in [3.63, 3.8) is 0 Å². The zero-order valence-corrected chi connectivity index (χ0v) is 17.9. The van der Waals surface area contributed by atoms with Gasteiger partial charge < -0.3 is 0 Å². The van der Waals surface area contributed by atoms with Gasteiger partial charge in [0.05, 0.1) is 11.5 Å². The Morgan fingerprint density at radius 1 is 0.692 bits per heavy atom. The predicted molar refractivity (Wildman–Crippen MR) is 113 cm³/mol. The van der Waals surface area contributed by atoms with Gasteiger partial charge in [-0.05, 0) is 49.9 Å². The summed E-state index contributed by atoms with van der Waals surface area (Å²) in [5, 5.41) is 9.78. The summed E-state index contributed by atoms with van der Waals surface area (Å²) in [5.74, 6) is 2.98. The van der Waals surface area contributed by atoms with Crippen LogP contribution in [-0.2, 0) is 0 Å². The summed E-state index contributed by atoms with van der Waals surface area (Å²) in [7, 11) is 0. The van der Waals surface area contributed by atoms with Crippen LogP contribution in [0.3, 0.4) is 0 Å². The molecule has 0 amide bonds. The lowest BCUT2D eigenvalue weighted by Crippen LogP contribution is -2.26. The molecule has 0 unspecified atom stereocenters. The van der Waals surface area contributed by atoms with E-state index in [0.29, 0.717) is 0 Å². The molecule has 150 valence electrons. The fraction of sp³-hybridized carbons (Fsp3) is 0.960. The molecule has 0 aromatic rings. The Hall–Kier alpha value is -0.510. The smallest absolute Gasteiger partial charge is 0.0689 e. The molecule has 0 radical (unpaired) electrons. The van der Waals surface area contributed by atoms with E-state index < -0.39 is 0 Å². The summed E-state index contributed by atoms with van der Waals surface area (Å²) in [6.07, 6.45) is 24.6. The van der Waals surface area contributed by atoms with Crippen LogP contribution in [0.4, 0.5) is 0 Å². The third kappa shape index (κ3) is 7.25. The van der Waals surface area contributed by atoms with Crippen molar-refractivity contribution >= 4 is 0 Å². The van der Waals surface area contributed by atoms with Crippen LogP contribution in [0.25, 0.3) is 0 Å². The Kier molecular flexibility index (Phi) is 10.1. The lowest BCUT2D eigenvalue weighted by Gasteiger charge is -2.36. The molecule has 1 heteroatoms. The van der Waals surface area contributed by atoms with Gasteiger partial charge in [0.15, 0.2) is 0 Å². The molecule has 0 aliphatic heterocycles. The molecule has 0 heterocycles. The van der Waals surface area contributed by atoms with Gasteiger partial charge in [-0.25, -0.2) is 0 Å². The van der Waals surface area contributed by atoms with Crippen molar-refractivity contribution in [3.05, 3.63) is 0 Å². The van der Waals surface area contributed by atoms with E-state index in [-0.39, 0.29) is 5.41 Å². The zero-order chi connectivity index (χ0) is 18.7. The number of nitriles is 1. The maximum atomic E-state index is 9.78. The molecule has 26 heavy (non-hydrogen) atoms. The molecule has 0 spiro atoms. The number of hydrogen-bond donors (Lipinski definition) is 0. The largest absolute Gasteiger partial charge is 0.198 e. The second-order valence-electron chi connectivity index (χ2n) is 9.75. The summed E-state index contributed by atoms with van der Waals surface area (Å²) < 4.78 is 0. The molecule has 2 aliphatic carbocycles. The SMILES string of the molecule is CCCCCCC[C@]1(C#N)CC[C@H](CC[C@H]2CC[C@H](CCC)CC2)CC1. The minimum absolute atomic E-state index is 0.0426. The van der Waals surface area contributed by atoms with Gasteiger partial charge in [0.1, 0.15) is 0 Å². The molecule has 0 atom stereocenters. The standard InChI is InChI=1S/C25H45N/c1-3-5-6-7-8-18-25(21-26)19-16-24(17-20-25)15-14-23-12-10-22(9-4-2)11-13-23/h22-24H,3-20H2,1-2H3/t22-,23-,24-,25-. The molecule has 0 bridgehead atoms. The molecule has 0 aromatic heterocycles. The molecule has 2 fully saturated rings. The van der Waals surface area contributed by atoms with Crippen LogP contribution in [0.15, 0.2) is 0 Å². The molecular formula is C25H45N. The molecule has 1 nitrogen and oxygen atoms in total. The number of hydrogen-bond acceptors (Lipinski definition) is 1. The Labute approximate surface area is 164 Å². The van der Waals surface area contributed by atoms with Gasteiger partial charge in [-0.3, -0.25) is 0 Å². The second kappa shape index (κ2) is 12.0. The van der Waals surface area contributed by atoms with Crippen molar-refractivity contribution in [2.45, 2.75) is 129 Å². The minimum Gasteiger partial charge on any atom is -0.198 e. The molecule has 2 saturated carbocycles. The summed E-state index contributed by atoms with van der Waals surface area (Å²) in [6, 6.07) is 2.75. The van der Waals surface area contributed by atoms with Crippen molar-refractivity contribution in [2.24, 2.45) is 23.2 Å². The topological polar surface area (TPSA) is 23.8 Å². The first-order valence-corrected chi connectivity index (χ1v) is 12.1. The maximum absolute atomic E-state index is 9.78. The van der Waals surface area contributed by atoms with E-state index in [2.05, 4.69) is 19.9 Å². The average molecular weight is 360 g/mol. The van der Waals surface area contributed by atoms with E-state index in [1.165, 1.54) is 116 Å². The maximum Gasteiger partial charge on any atom is 0.0689 e. The third-order valence-corrected chi connectivity index (χ3v) is 7.70. The van der Waals surface area contributed by atoms with E-state index >= 15 is 0 Å². The first-order chi connectivity index (χ1) is 12.7. The van der Waals surface area contributed by atoms with E-state index in [4.69, 9.17) is 0 Å². The highest BCUT2D eigenvalue weighted by atomic mass is 14.4. The van der Waals surface area contributed by atoms with Gasteiger partial charge >= 0.3 is 0 Å². The van der Waals surface area contributed by atoms with Crippen LogP contribution in [-0.4, -0.2) is 0 Å². The molecule has 0 saturated heterocycles. The van der Waals surface area contributed by atoms with E-state index in [1.54, 1.807) is 0 Å². The average Bonchev–Trinajstić information content (AvgIpc) is 2.68. The Balaban J connectivity index is 1.61. The van der Waals surface area contributed by atoms with Gasteiger partial charge in [0.2, 0.25) is 0 Å². The normalized spacial score (nSPS) is 32.3. The second-order valence-corrected chi connectivity index (χ2v) is 9.75. The van der Waals surface area contributed by atoms with Crippen LogP contribution in [0, 0.1) is 34.5 Å². The van der Waals surface area contributed by atoms with Crippen LogP contribution < -0.4 is 0 Å². The van der Waals surface area contributed by atoms with Crippen LogP contribution in [0.1, 0.15) is 129 Å². The quantitative estimate of drug-likeness (QED) is 0.339. The Morgan fingerprint density at radius 3 is 1.77 bits per heavy atom. The van der Waals surface area contributed by atoms with Crippen molar-refractivity contribution in [2.75, 3.05) is 0 Å². The van der Waals surface area contributed by atoms with Gasteiger partial charge in [0, 0.05) is 0 Å². The third-order valence-electron chi connectivity index (χ3n) is 7.70. The van der Waals surface area contributed by atoms with E-state index in [0.717, 1.165) is 17.8 Å². The van der Waals surface area contributed by atoms with Crippen molar-refractivity contribution in [3.8, 4) is 6.07 Å². The first-order valence-electron chi connectivity index (χ1n) is 12.1. The monoisotopic (exact) mass is 359 g/mol. The van der Waals surface area contributed by atoms with Crippen LogP contribution >= 0.6 is 0 Å². The molecular weight excluding hydrogens is 314 g/mol. The van der Waals surface area contributed by atoms with Gasteiger partial charge in [0.25, 0.3) is 0 Å².